The Morgan fingerprint density at radius 3 is 2.78 bits per heavy atom. The number of aromatic amines is 1. The van der Waals surface area contributed by atoms with Crippen molar-refractivity contribution in [2.24, 2.45) is 0 Å². The van der Waals surface area contributed by atoms with Gasteiger partial charge in [-0.15, -0.1) is 0 Å². The molecule has 3 rings (SSSR count). The first-order valence-corrected chi connectivity index (χ1v) is 7.56. The molecule has 4 heteroatoms. The number of rotatable bonds is 4. The molecule has 0 saturated carbocycles. The summed E-state index contributed by atoms with van der Waals surface area (Å²) < 4.78 is 5.12. The lowest BCUT2D eigenvalue weighted by molar-refractivity contribution is 0.102. The summed E-state index contributed by atoms with van der Waals surface area (Å²) in [6.45, 7) is 4.62. The standard InChI is InChI=1S/C19H20N2O2/c1-12-13(2)20-18-8-7-15(10-17(12)18)19(22)21-16-6-4-5-14(9-16)11-23-3/h4-10,20H,11H2,1-3H3,(H,21,22). The van der Waals surface area contributed by atoms with Crippen LogP contribution in [-0.2, 0) is 11.3 Å². The normalized spacial score (nSPS) is 10.9. The molecule has 0 saturated heterocycles. The summed E-state index contributed by atoms with van der Waals surface area (Å²) in [6.07, 6.45) is 0. The predicted molar refractivity (Wildman–Crippen MR) is 92.9 cm³/mol. The van der Waals surface area contributed by atoms with Gasteiger partial charge in [-0.25, -0.2) is 0 Å². The Kier molecular flexibility index (Phi) is 4.17. The molecule has 118 valence electrons. The average Bonchev–Trinajstić information content (AvgIpc) is 2.82. The van der Waals surface area contributed by atoms with Crippen molar-refractivity contribution in [2.75, 3.05) is 12.4 Å². The first-order chi connectivity index (χ1) is 11.1. The van der Waals surface area contributed by atoms with Crippen LogP contribution in [-0.4, -0.2) is 18.0 Å². The fourth-order valence-electron chi connectivity index (χ4n) is 2.71. The fraction of sp³-hybridized carbons (Fsp3) is 0.211. The van der Waals surface area contributed by atoms with E-state index in [9.17, 15) is 4.79 Å². The third kappa shape index (κ3) is 3.12. The second-order valence-corrected chi connectivity index (χ2v) is 5.72. The smallest absolute Gasteiger partial charge is 0.255 e. The van der Waals surface area contributed by atoms with Crippen molar-refractivity contribution < 1.29 is 9.53 Å². The van der Waals surface area contributed by atoms with Crippen LogP contribution in [0.1, 0.15) is 27.2 Å². The summed E-state index contributed by atoms with van der Waals surface area (Å²) in [4.78, 5) is 15.8. The van der Waals surface area contributed by atoms with Gasteiger partial charge in [0.2, 0.25) is 0 Å². The third-order valence-corrected chi connectivity index (χ3v) is 4.07. The van der Waals surface area contributed by atoms with Crippen LogP contribution >= 0.6 is 0 Å². The number of H-pyrrole nitrogens is 1. The molecule has 0 spiro atoms. The van der Waals surface area contributed by atoms with Crippen molar-refractivity contribution in [3.63, 3.8) is 0 Å². The number of hydrogen-bond acceptors (Lipinski definition) is 2. The Bertz CT molecular complexity index is 865. The number of methoxy groups -OCH3 is 1. The van der Waals surface area contributed by atoms with Crippen LogP contribution in [0.2, 0.25) is 0 Å². The minimum Gasteiger partial charge on any atom is -0.380 e. The van der Waals surface area contributed by atoms with Gasteiger partial charge in [-0.1, -0.05) is 12.1 Å². The molecule has 0 fully saturated rings. The van der Waals surface area contributed by atoms with E-state index in [2.05, 4.69) is 17.2 Å². The Hall–Kier alpha value is -2.59. The van der Waals surface area contributed by atoms with Crippen LogP contribution in [0, 0.1) is 13.8 Å². The number of hydrogen-bond donors (Lipinski definition) is 2. The van der Waals surface area contributed by atoms with Crippen molar-refractivity contribution in [2.45, 2.75) is 20.5 Å². The molecule has 0 aliphatic carbocycles. The van der Waals surface area contributed by atoms with E-state index in [4.69, 9.17) is 4.74 Å². The summed E-state index contributed by atoms with van der Waals surface area (Å²) in [5, 5.41) is 4.03. The maximum atomic E-state index is 12.5. The highest BCUT2D eigenvalue weighted by Gasteiger charge is 2.10. The zero-order valence-corrected chi connectivity index (χ0v) is 13.6. The Balaban J connectivity index is 1.85. The first kappa shape index (κ1) is 15.3. The molecule has 0 unspecified atom stereocenters. The van der Waals surface area contributed by atoms with Crippen LogP contribution in [0.4, 0.5) is 5.69 Å². The molecule has 4 nitrogen and oxygen atoms in total. The summed E-state index contributed by atoms with van der Waals surface area (Å²) in [5.74, 6) is -0.111. The molecule has 0 aliphatic heterocycles. The number of benzene rings is 2. The van der Waals surface area contributed by atoms with Crippen LogP contribution < -0.4 is 5.32 Å². The quantitative estimate of drug-likeness (QED) is 0.759. The van der Waals surface area contributed by atoms with Gasteiger partial charge >= 0.3 is 0 Å². The number of nitrogens with one attached hydrogen (secondary N) is 2. The maximum Gasteiger partial charge on any atom is 0.255 e. The lowest BCUT2D eigenvalue weighted by Gasteiger charge is -2.07. The highest BCUT2D eigenvalue weighted by Crippen LogP contribution is 2.23. The Morgan fingerprint density at radius 2 is 2.00 bits per heavy atom. The highest BCUT2D eigenvalue weighted by molar-refractivity contribution is 6.06. The molecule has 23 heavy (non-hydrogen) atoms. The molecule has 1 aromatic heterocycles. The second kappa shape index (κ2) is 6.26. The lowest BCUT2D eigenvalue weighted by atomic mass is 10.1. The van der Waals surface area contributed by atoms with E-state index in [-0.39, 0.29) is 5.91 Å². The van der Waals surface area contributed by atoms with Crippen LogP contribution in [0.3, 0.4) is 0 Å². The van der Waals surface area contributed by atoms with Crippen molar-refractivity contribution in [1.29, 1.82) is 0 Å². The van der Waals surface area contributed by atoms with Crippen molar-refractivity contribution >= 4 is 22.5 Å². The van der Waals surface area contributed by atoms with E-state index in [1.165, 1.54) is 5.56 Å². The number of amides is 1. The zero-order valence-electron chi connectivity index (χ0n) is 13.6. The minimum absolute atomic E-state index is 0.111. The molecule has 1 heterocycles. The fourth-order valence-corrected chi connectivity index (χ4v) is 2.71. The Morgan fingerprint density at radius 1 is 1.17 bits per heavy atom. The van der Waals surface area contributed by atoms with E-state index in [0.717, 1.165) is 27.8 Å². The highest BCUT2D eigenvalue weighted by atomic mass is 16.5. The van der Waals surface area contributed by atoms with Gasteiger partial charge in [-0.05, 0) is 55.3 Å². The number of ether oxygens (including phenoxy) is 1. The van der Waals surface area contributed by atoms with E-state index in [1.807, 2.05) is 49.4 Å². The Labute approximate surface area is 135 Å². The number of fused-ring (bicyclic) bond motifs is 1. The van der Waals surface area contributed by atoms with Gasteiger partial charge in [-0.2, -0.15) is 0 Å². The van der Waals surface area contributed by atoms with Gasteiger partial charge in [0.25, 0.3) is 5.91 Å². The number of carbonyl (C=O) groups is 1. The van der Waals surface area contributed by atoms with Gasteiger partial charge in [0.1, 0.15) is 0 Å². The minimum atomic E-state index is -0.111. The van der Waals surface area contributed by atoms with Gasteiger partial charge in [-0.3, -0.25) is 4.79 Å². The number of anilines is 1. The van der Waals surface area contributed by atoms with Gasteiger partial charge in [0.05, 0.1) is 6.61 Å². The number of aromatic nitrogens is 1. The van der Waals surface area contributed by atoms with Gasteiger partial charge in [0, 0.05) is 35.0 Å². The molecule has 0 bridgehead atoms. The van der Waals surface area contributed by atoms with Crippen LogP contribution in [0.25, 0.3) is 10.9 Å². The van der Waals surface area contributed by atoms with Crippen molar-refractivity contribution in [1.82, 2.24) is 4.98 Å². The SMILES string of the molecule is COCc1cccc(NC(=O)c2ccc3[nH]c(C)c(C)c3c2)c1. The average molecular weight is 308 g/mol. The van der Waals surface area contributed by atoms with E-state index >= 15 is 0 Å². The zero-order chi connectivity index (χ0) is 16.4. The predicted octanol–water partition coefficient (Wildman–Crippen LogP) is 4.18. The molecule has 2 N–H and O–H groups in total. The monoisotopic (exact) mass is 308 g/mol. The van der Waals surface area contributed by atoms with Gasteiger partial charge < -0.3 is 15.0 Å². The molecular formula is C19H20N2O2. The maximum absolute atomic E-state index is 12.5. The van der Waals surface area contributed by atoms with Crippen molar-refractivity contribution in [3.8, 4) is 0 Å². The summed E-state index contributed by atoms with van der Waals surface area (Å²) in [5.41, 5.74) is 5.81. The summed E-state index contributed by atoms with van der Waals surface area (Å²) in [6, 6.07) is 13.4. The van der Waals surface area contributed by atoms with Crippen LogP contribution in [0.15, 0.2) is 42.5 Å². The number of aryl methyl sites for hydroxylation is 2. The molecule has 0 aliphatic rings. The topological polar surface area (TPSA) is 54.1 Å². The molecule has 1 amide bonds. The van der Waals surface area contributed by atoms with E-state index < -0.39 is 0 Å². The first-order valence-electron chi connectivity index (χ1n) is 7.56. The largest absolute Gasteiger partial charge is 0.380 e. The molecule has 3 aromatic rings. The van der Waals surface area contributed by atoms with Crippen LogP contribution in [0.5, 0.6) is 0 Å². The third-order valence-electron chi connectivity index (χ3n) is 4.07. The van der Waals surface area contributed by atoms with Gasteiger partial charge in [0.15, 0.2) is 0 Å². The lowest BCUT2D eigenvalue weighted by Crippen LogP contribution is -2.12. The summed E-state index contributed by atoms with van der Waals surface area (Å²) >= 11 is 0. The van der Waals surface area contributed by atoms with Crippen molar-refractivity contribution in [3.05, 3.63) is 64.8 Å². The molecule has 0 radical (unpaired) electrons. The van der Waals surface area contributed by atoms with E-state index in [1.54, 1.807) is 7.11 Å². The number of carbonyl (C=O) groups excluding carboxylic acids is 1. The van der Waals surface area contributed by atoms with E-state index in [0.29, 0.717) is 12.2 Å². The molecule has 2 aromatic carbocycles. The molecule has 0 atom stereocenters. The second-order valence-electron chi connectivity index (χ2n) is 5.72. The summed E-state index contributed by atoms with van der Waals surface area (Å²) in [7, 11) is 1.65. The molecular weight excluding hydrogens is 288 g/mol.